The van der Waals surface area contributed by atoms with E-state index in [1.54, 1.807) is 0 Å². The second-order valence-corrected chi connectivity index (χ2v) is 5.31. The van der Waals surface area contributed by atoms with Crippen molar-refractivity contribution in [3.63, 3.8) is 0 Å². The van der Waals surface area contributed by atoms with Crippen molar-refractivity contribution < 1.29 is 4.74 Å². The SMILES string of the molecule is CN(C)c1cccc(Oc2ccc(CN)c(Br)c2)c1. The molecule has 0 bridgehead atoms. The van der Waals surface area contributed by atoms with E-state index < -0.39 is 0 Å². The molecule has 0 unspecified atom stereocenters. The fraction of sp³-hybridized carbons (Fsp3) is 0.200. The third-order valence-electron chi connectivity index (χ3n) is 2.81. The first-order valence-electron chi connectivity index (χ1n) is 6.04. The van der Waals surface area contributed by atoms with E-state index in [0.29, 0.717) is 6.54 Å². The summed E-state index contributed by atoms with van der Waals surface area (Å²) in [6.45, 7) is 0.511. The Balaban J connectivity index is 2.21. The Hall–Kier alpha value is -1.52. The van der Waals surface area contributed by atoms with Crippen LogP contribution in [0.1, 0.15) is 5.56 Å². The van der Waals surface area contributed by atoms with Gasteiger partial charge in [-0.25, -0.2) is 0 Å². The molecule has 100 valence electrons. The molecule has 0 heterocycles. The summed E-state index contributed by atoms with van der Waals surface area (Å²) in [7, 11) is 4.01. The molecule has 19 heavy (non-hydrogen) atoms. The van der Waals surface area contributed by atoms with Gasteiger partial charge in [0, 0.05) is 36.9 Å². The average molecular weight is 321 g/mol. The summed E-state index contributed by atoms with van der Waals surface area (Å²) in [4.78, 5) is 2.04. The van der Waals surface area contributed by atoms with E-state index in [0.717, 1.165) is 27.2 Å². The number of ether oxygens (including phenoxy) is 1. The monoisotopic (exact) mass is 320 g/mol. The quantitative estimate of drug-likeness (QED) is 0.932. The van der Waals surface area contributed by atoms with Crippen molar-refractivity contribution in [1.82, 2.24) is 0 Å². The first-order chi connectivity index (χ1) is 9.10. The second kappa shape index (κ2) is 6.08. The Morgan fingerprint density at radius 2 is 1.84 bits per heavy atom. The Bertz CT molecular complexity index is 570. The Morgan fingerprint density at radius 3 is 2.47 bits per heavy atom. The van der Waals surface area contributed by atoms with Gasteiger partial charge in [-0.3, -0.25) is 0 Å². The molecule has 2 aromatic carbocycles. The maximum absolute atomic E-state index is 5.85. The van der Waals surface area contributed by atoms with Gasteiger partial charge in [0.2, 0.25) is 0 Å². The third kappa shape index (κ3) is 3.49. The molecular weight excluding hydrogens is 304 g/mol. The fourth-order valence-corrected chi connectivity index (χ4v) is 2.24. The molecule has 0 radical (unpaired) electrons. The van der Waals surface area contributed by atoms with Crippen LogP contribution in [0.5, 0.6) is 11.5 Å². The lowest BCUT2D eigenvalue weighted by molar-refractivity contribution is 0.482. The molecule has 0 aromatic heterocycles. The van der Waals surface area contributed by atoms with Crippen LogP contribution in [0.4, 0.5) is 5.69 Å². The topological polar surface area (TPSA) is 38.5 Å². The van der Waals surface area contributed by atoms with Crippen molar-refractivity contribution in [2.45, 2.75) is 6.54 Å². The number of anilines is 1. The molecule has 3 nitrogen and oxygen atoms in total. The van der Waals surface area contributed by atoms with E-state index in [4.69, 9.17) is 10.5 Å². The lowest BCUT2D eigenvalue weighted by atomic mass is 10.2. The van der Waals surface area contributed by atoms with Crippen LogP contribution in [-0.2, 0) is 6.54 Å². The highest BCUT2D eigenvalue weighted by Gasteiger charge is 2.03. The molecule has 4 heteroatoms. The first-order valence-corrected chi connectivity index (χ1v) is 6.83. The zero-order valence-electron chi connectivity index (χ0n) is 11.1. The number of rotatable bonds is 4. The predicted octanol–water partition coefficient (Wildman–Crippen LogP) is 3.77. The van der Waals surface area contributed by atoms with E-state index in [2.05, 4.69) is 15.9 Å². The lowest BCUT2D eigenvalue weighted by Gasteiger charge is -2.14. The van der Waals surface area contributed by atoms with Crippen molar-refractivity contribution >= 4 is 21.6 Å². The molecule has 0 fully saturated rings. The zero-order valence-corrected chi connectivity index (χ0v) is 12.6. The van der Waals surface area contributed by atoms with Crippen molar-refractivity contribution in [2.24, 2.45) is 5.73 Å². The van der Waals surface area contributed by atoms with Crippen LogP contribution in [0.2, 0.25) is 0 Å². The molecule has 0 aliphatic heterocycles. The number of hydrogen-bond acceptors (Lipinski definition) is 3. The van der Waals surface area contributed by atoms with Gasteiger partial charge >= 0.3 is 0 Å². The van der Waals surface area contributed by atoms with Crippen LogP contribution in [0.15, 0.2) is 46.9 Å². The summed E-state index contributed by atoms with van der Waals surface area (Å²) in [5, 5.41) is 0. The van der Waals surface area contributed by atoms with Gasteiger partial charge in [0.05, 0.1) is 0 Å². The van der Waals surface area contributed by atoms with Gasteiger partial charge in [0.15, 0.2) is 0 Å². The number of halogens is 1. The van der Waals surface area contributed by atoms with Gasteiger partial charge in [-0.2, -0.15) is 0 Å². The van der Waals surface area contributed by atoms with E-state index in [9.17, 15) is 0 Å². The van der Waals surface area contributed by atoms with E-state index in [1.807, 2.05) is 61.5 Å². The highest BCUT2D eigenvalue weighted by atomic mass is 79.9. The van der Waals surface area contributed by atoms with Crippen molar-refractivity contribution in [2.75, 3.05) is 19.0 Å². The smallest absolute Gasteiger partial charge is 0.129 e. The van der Waals surface area contributed by atoms with Gasteiger partial charge in [-0.05, 0) is 29.8 Å². The minimum atomic E-state index is 0.511. The predicted molar refractivity (Wildman–Crippen MR) is 82.9 cm³/mol. The van der Waals surface area contributed by atoms with E-state index >= 15 is 0 Å². The molecule has 0 saturated carbocycles. The summed E-state index contributed by atoms with van der Waals surface area (Å²) >= 11 is 3.49. The fourth-order valence-electron chi connectivity index (χ4n) is 1.72. The Kier molecular flexibility index (Phi) is 4.45. The molecule has 0 amide bonds. The maximum atomic E-state index is 5.85. The van der Waals surface area contributed by atoms with Gasteiger partial charge in [-0.1, -0.05) is 28.1 Å². The van der Waals surface area contributed by atoms with Crippen LogP contribution in [-0.4, -0.2) is 14.1 Å². The zero-order chi connectivity index (χ0) is 13.8. The van der Waals surface area contributed by atoms with Crippen molar-refractivity contribution in [3.05, 3.63) is 52.5 Å². The molecule has 2 N–H and O–H groups in total. The van der Waals surface area contributed by atoms with Gasteiger partial charge in [0.1, 0.15) is 11.5 Å². The highest BCUT2D eigenvalue weighted by molar-refractivity contribution is 9.10. The minimum Gasteiger partial charge on any atom is -0.457 e. The van der Waals surface area contributed by atoms with E-state index in [1.165, 1.54) is 0 Å². The molecule has 0 aliphatic rings. The number of nitrogens with two attached hydrogens (primary N) is 1. The summed E-state index contributed by atoms with van der Waals surface area (Å²) in [5.74, 6) is 1.61. The molecule has 2 rings (SSSR count). The molecule has 0 saturated heterocycles. The number of nitrogens with zero attached hydrogens (tertiary/aromatic N) is 1. The largest absolute Gasteiger partial charge is 0.457 e. The summed E-state index contributed by atoms with van der Waals surface area (Å²) in [6.07, 6.45) is 0. The summed E-state index contributed by atoms with van der Waals surface area (Å²) < 4.78 is 6.82. The van der Waals surface area contributed by atoms with Crippen molar-refractivity contribution in [3.8, 4) is 11.5 Å². The van der Waals surface area contributed by atoms with Gasteiger partial charge < -0.3 is 15.4 Å². The van der Waals surface area contributed by atoms with Crippen LogP contribution >= 0.6 is 15.9 Å². The normalized spacial score (nSPS) is 10.3. The van der Waals surface area contributed by atoms with Crippen LogP contribution in [0.25, 0.3) is 0 Å². The van der Waals surface area contributed by atoms with Crippen LogP contribution < -0.4 is 15.4 Å². The number of hydrogen-bond donors (Lipinski definition) is 1. The average Bonchev–Trinajstić information content (AvgIpc) is 2.39. The van der Waals surface area contributed by atoms with Gasteiger partial charge in [0.25, 0.3) is 0 Å². The molecule has 2 aromatic rings. The first kappa shape index (κ1) is 13.9. The Morgan fingerprint density at radius 1 is 1.11 bits per heavy atom. The second-order valence-electron chi connectivity index (χ2n) is 4.45. The standard InChI is InChI=1S/C15H17BrN2O/c1-18(2)12-4-3-5-13(8-12)19-14-7-6-11(10-17)15(16)9-14/h3-9H,10,17H2,1-2H3. The third-order valence-corrected chi connectivity index (χ3v) is 3.55. The van der Waals surface area contributed by atoms with Gasteiger partial charge in [-0.15, -0.1) is 0 Å². The van der Waals surface area contributed by atoms with E-state index in [-0.39, 0.29) is 0 Å². The minimum absolute atomic E-state index is 0.511. The molecule has 0 atom stereocenters. The Labute approximate surface area is 122 Å². The lowest BCUT2D eigenvalue weighted by Crippen LogP contribution is -2.08. The summed E-state index contributed by atoms with van der Waals surface area (Å²) in [6, 6.07) is 13.8. The highest BCUT2D eigenvalue weighted by Crippen LogP contribution is 2.28. The molecule has 0 aliphatic carbocycles. The summed E-state index contributed by atoms with van der Waals surface area (Å²) in [5.41, 5.74) is 7.80. The maximum Gasteiger partial charge on any atom is 0.129 e. The van der Waals surface area contributed by atoms with Crippen LogP contribution in [0, 0.1) is 0 Å². The molecular formula is C15H17BrN2O. The number of benzene rings is 2. The van der Waals surface area contributed by atoms with Crippen molar-refractivity contribution in [1.29, 1.82) is 0 Å². The molecule has 0 spiro atoms. The van der Waals surface area contributed by atoms with Crippen LogP contribution in [0.3, 0.4) is 0 Å².